The van der Waals surface area contributed by atoms with Crippen molar-refractivity contribution < 1.29 is 6.22 Å². The Balaban J connectivity index is 0. The third-order valence-corrected chi connectivity index (χ3v) is 3.42. The molecule has 2 N–H and O–H groups in total. The number of amides is 1. The standard InChI is InChI=1S/C12H24N2O.C2H4.H2/c1-4-7-12(2,3)10(13)11(15)14-8-5-6-9-14;1-2;/h10H,4-9,13H2,1-3H3;1-2H2;1H/t10-;;/m1../s1. The van der Waals surface area contributed by atoms with Crippen LogP contribution >= 0.6 is 0 Å². The zero-order chi connectivity index (χ0) is 13.5. The molecule has 1 atom stereocenters. The SMILES string of the molecule is C=C.CCCC(C)(C)[C@H](N)C(=O)N1CCCC1.[HH]. The average molecular weight is 242 g/mol. The second-order valence-electron chi connectivity index (χ2n) is 5.25. The fourth-order valence-corrected chi connectivity index (χ4v) is 2.27. The van der Waals surface area contributed by atoms with Gasteiger partial charge in [0.25, 0.3) is 0 Å². The van der Waals surface area contributed by atoms with Crippen molar-refractivity contribution in [3.8, 4) is 0 Å². The first kappa shape index (κ1) is 16.2. The molecule has 1 saturated heterocycles. The van der Waals surface area contributed by atoms with Crippen molar-refractivity contribution in [3.05, 3.63) is 13.2 Å². The molecule has 102 valence electrons. The van der Waals surface area contributed by atoms with Crippen LogP contribution in [-0.4, -0.2) is 29.9 Å². The van der Waals surface area contributed by atoms with Crippen molar-refractivity contribution in [2.45, 2.75) is 52.5 Å². The van der Waals surface area contributed by atoms with Crippen LogP contribution in [0.5, 0.6) is 0 Å². The van der Waals surface area contributed by atoms with Crippen LogP contribution in [0.2, 0.25) is 0 Å². The zero-order valence-corrected chi connectivity index (χ0v) is 11.7. The minimum Gasteiger partial charge on any atom is -0.341 e. The molecule has 0 aromatic heterocycles. The lowest BCUT2D eigenvalue weighted by atomic mass is 9.80. The number of nitrogens with two attached hydrogens (primary N) is 1. The monoisotopic (exact) mass is 242 g/mol. The fourth-order valence-electron chi connectivity index (χ4n) is 2.27. The van der Waals surface area contributed by atoms with Gasteiger partial charge in [0.05, 0.1) is 6.04 Å². The summed E-state index contributed by atoms with van der Waals surface area (Å²) in [6, 6.07) is -0.337. The smallest absolute Gasteiger partial charge is 0.240 e. The molecule has 0 aliphatic carbocycles. The molecule has 0 spiro atoms. The highest BCUT2D eigenvalue weighted by Gasteiger charge is 2.34. The predicted octanol–water partition coefficient (Wildman–Crippen LogP) is 2.81. The highest BCUT2D eigenvalue weighted by molar-refractivity contribution is 5.82. The maximum atomic E-state index is 12.1. The van der Waals surface area contributed by atoms with E-state index in [0.29, 0.717) is 0 Å². The normalized spacial score (nSPS) is 17.3. The molecule has 1 aliphatic heterocycles. The lowest BCUT2D eigenvalue weighted by molar-refractivity contribution is -0.134. The summed E-state index contributed by atoms with van der Waals surface area (Å²) in [6.45, 7) is 14.1. The first-order valence-corrected chi connectivity index (χ1v) is 6.53. The number of nitrogens with zero attached hydrogens (tertiary/aromatic N) is 1. The van der Waals surface area contributed by atoms with Crippen molar-refractivity contribution in [1.82, 2.24) is 4.90 Å². The molecular formula is C14H30N2O. The predicted molar refractivity (Wildman–Crippen MR) is 75.8 cm³/mol. The maximum Gasteiger partial charge on any atom is 0.240 e. The molecule has 3 nitrogen and oxygen atoms in total. The van der Waals surface area contributed by atoms with Crippen LogP contribution in [0.4, 0.5) is 0 Å². The topological polar surface area (TPSA) is 46.3 Å². The van der Waals surface area contributed by atoms with Gasteiger partial charge in [0.15, 0.2) is 0 Å². The molecule has 0 unspecified atom stereocenters. The molecule has 1 aliphatic rings. The molecule has 1 rings (SSSR count). The van der Waals surface area contributed by atoms with Crippen LogP contribution in [0, 0.1) is 5.41 Å². The summed E-state index contributed by atoms with van der Waals surface area (Å²) in [6.07, 6.45) is 4.35. The number of hydrogen-bond donors (Lipinski definition) is 1. The first-order valence-electron chi connectivity index (χ1n) is 6.53. The van der Waals surface area contributed by atoms with E-state index in [0.717, 1.165) is 38.8 Å². The molecule has 1 amide bonds. The number of rotatable bonds is 4. The van der Waals surface area contributed by atoms with Crippen LogP contribution in [0.1, 0.15) is 47.9 Å². The number of carbonyl (C=O) groups excluding carboxylic acids is 1. The Morgan fingerprint density at radius 3 is 2.29 bits per heavy atom. The van der Waals surface area contributed by atoms with E-state index in [1.165, 1.54) is 0 Å². The van der Waals surface area contributed by atoms with E-state index in [1.54, 1.807) is 0 Å². The van der Waals surface area contributed by atoms with Gasteiger partial charge in [-0.25, -0.2) is 0 Å². The minimum atomic E-state index is -0.337. The molecule has 0 radical (unpaired) electrons. The second kappa shape index (κ2) is 7.49. The van der Waals surface area contributed by atoms with Crippen molar-refractivity contribution in [2.24, 2.45) is 11.1 Å². The van der Waals surface area contributed by atoms with Gasteiger partial charge < -0.3 is 10.6 Å². The molecule has 0 bridgehead atoms. The van der Waals surface area contributed by atoms with Crippen molar-refractivity contribution in [3.63, 3.8) is 0 Å². The summed E-state index contributed by atoms with van der Waals surface area (Å²) in [7, 11) is 0. The summed E-state index contributed by atoms with van der Waals surface area (Å²) in [5, 5.41) is 0. The van der Waals surface area contributed by atoms with Gasteiger partial charge in [-0.15, -0.1) is 13.2 Å². The Kier molecular flexibility index (Phi) is 7.12. The van der Waals surface area contributed by atoms with Crippen molar-refractivity contribution >= 4 is 5.91 Å². The molecule has 0 saturated carbocycles. The molecule has 1 heterocycles. The van der Waals surface area contributed by atoms with E-state index in [-0.39, 0.29) is 18.8 Å². The summed E-state index contributed by atoms with van der Waals surface area (Å²) >= 11 is 0. The highest BCUT2D eigenvalue weighted by Crippen LogP contribution is 2.27. The van der Waals surface area contributed by atoms with Gasteiger partial charge in [-0.05, 0) is 24.7 Å². The van der Waals surface area contributed by atoms with Gasteiger partial charge in [0, 0.05) is 14.5 Å². The van der Waals surface area contributed by atoms with E-state index in [9.17, 15) is 4.79 Å². The summed E-state index contributed by atoms with van der Waals surface area (Å²) in [5.74, 6) is 0.144. The van der Waals surface area contributed by atoms with Gasteiger partial charge in [-0.1, -0.05) is 27.2 Å². The quantitative estimate of drug-likeness (QED) is 0.771. The zero-order valence-electron chi connectivity index (χ0n) is 11.7. The minimum absolute atomic E-state index is 0. The summed E-state index contributed by atoms with van der Waals surface area (Å²) in [5.41, 5.74) is 5.99. The van der Waals surface area contributed by atoms with E-state index < -0.39 is 0 Å². The Labute approximate surface area is 108 Å². The second-order valence-corrected chi connectivity index (χ2v) is 5.25. The maximum absolute atomic E-state index is 12.1. The van der Waals surface area contributed by atoms with Crippen LogP contribution < -0.4 is 5.73 Å². The summed E-state index contributed by atoms with van der Waals surface area (Å²) in [4.78, 5) is 14.0. The molecular weight excluding hydrogens is 212 g/mol. The van der Waals surface area contributed by atoms with Crippen LogP contribution in [-0.2, 0) is 4.79 Å². The number of carbonyl (C=O) groups is 1. The van der Waals surface area contributed by atoms with E-state index in [1.807, 2.05) is 4.90 Å². The van der Waals surface area contributed by atoms with Gasteiger partial charge in [0.2, 0.25) is 5.91 Å². The van der Waals surface area contributed by atoms with Crippen LogP contribution in [0.15, 0.2) is 13.2 Å². The first-order chi connectivity index (χ1) is 7.99. The lowest BCUT2D eigenvalue weighted by Gasteiger charge is -2.33. The highest BCUT2D eigenvalue weighted by atomic mass is 16.2. The molecule has 0 aromatic rings. The Morgan fingerprint density at radius 1 is 1.41 bits per heavy atom. The largest absolute Gasteiger partial charge is 0.341 e. The number of hydrogen-bond acceptors (Lipinski definition) is 2. The van der Waals surface area contributed by atoms with E-state index >= 15 is 0 Å². The van der Waals surface area contributed by atoms with Crippen molar-refractivity contribution in [1.29, 1.82) is 0 Å². The van der Waals surface area contributed by atoms with Gasteiger partial charge in [-0.2, -0.15) is 0 Å². The van der Waals surface area contributed by atoms with Crippen LogP contribution in [0.3, 0.4) is 0 Å². The van der Waals surface area contributed by atoms with Gasteiger partial charge >= 0.3 is 0 Å². The van der Waals surface area contributed by atoms with Gasteiger partial charge in [-0.3, -0.25) is 4.79 Å². The molecule has 3 heteroatoms. The Bertz CT molecular complexity index is 238. The van der Waals surface area contributed by atoms with Gasteiger partial charge in [0.1, 0.15) is 0 Å². The molecule has 1 fully saturated rings. The third-order valence-electron chi connectivity index (χ3n) is 3.42. The fraction of sp³-hybridized carbons (Fsp3) is 0.786. The van der Waals surface area contributed by atoms with Crippen molar-refractivity contribution in [2.75, 3.05) is 13.1 Å². The lowest BCUT2D eigenvalue weighted by Crippen LogP contribution is -2.50. The Hall–Kier alpha value is -0.830. The average Bonchev–Trinajstić information content (AvgIpc) is 2.83. The summed E-state index contributed by atoms with van der Waals surface area (Å²) < 4.78 is 0. The molecule has 0 aromatic carbocycles. The van der Waals surface area contributed by atoms with Crippen LogP contribution in [0.25, 0.3) is 0 Å². The number of likely N-dealkylation sites (tertiary alicyclic amines) is 1. The Morgan fingerprint density at radius 2 is 1.88 bits per heavy atom. The third kappa shape index (κ3) is 4.50. The van der Waals surface area contributed by atoms with E-state index in [2.05, 4.69) is 33.9 Å². The van der Waals surface area contributed by atoms with E-state index in [4.69, 9.17) is 5.73 Å². The molecule has 17 heavy (non-hydrogen) atoms.